The highest BCUT2D eigenvalue weighted by Gasteiger charge is 2.21. The molecule has 1 N–H and O–H groups in total. The van der Waals surface area contributed by atoms with Crippen LogP contribution in [0, 0.1) is 5.92 Å². The highest BCUT2D eigenvalue weighted by molar-refractivity contribution is 7.99. The number of nitrogens with zero attached hydrogens (tertiary/aromatic N) is 2. The highest BCUT2D eigenvalue weighted by Crippen LogP contribution is 2.37. The number of benzene rings is 1. The van der Waals surface area contributed by atoms with Gasteiger partial charge in [0.25, 0.3) is 11.1 Å². The molecule has 2 heterocycles. The average Bonchev–Trinajstić information content (AvgIpc) is 3.33. The number of nitrogens with one attached hydrogen (secondary N) is 1. The third kappa shape index (κ3) is 4.47. The summed E-state index contributed by atoms with van der Waals surface area (Å²) < 4.78 is 5.78. The molecule has 1 aliphatic rings. The first-order valence-corrected chi connectivity index (χ1v) is 11.4. The van der Waals surface area contributed by atoms with Gasteiger partial charge in [-0.25, -0.2) is 0 Å². The van der Waals surface area contributed by atoms with E-state index in [9.17, 15) is 4.79 Å². The lowest BCUT2D eigenvalue weighted by Gasteiger charge is -2.16. The lowest BCUT2D eigenvalue weighted by atomic mass is 9.90. The molecule has 4 rings (SSSR count). The molecule has 1 aromatic carbocycles. The number of thioether (sulfide) groups is 1. The minimum Gasteiger partial charge on any atom is -0.410 e. The number of anilines is 1. The summed E-state index contributed by atoms with van der Waals surface area (Å²) in [6.07, 6.45) is 4.49. The average molecular weight is 414 g/mol. The van der Waals surface area contributed by atoms with Gasteiger partial charge in [0.05, 0.1) is 10.6 Å². The zero-order valence-electron chi connectivity index (χ0n) is 16.0. The summed E-state index contributed by atoms with van der Waals surface area (Å²) in [7, 11) is 0. The molecule has 1 aliphatic carbocycles. The predicted octanol–water partition coefficient (Wildman–Crippen LogP) is 5.22. The van der Waals surface area contributed by atoms with Gasteiger partial charge in [0, 0.05) is 10.6 Å². The van der Waals surface area contributed by atoms with Crippen LogP contribution in [0.15, 0.2) is 40.0 Å². The van der Waals surface area contributed by atoms with Crippen LogP contribution in [0.1, 0.15) is 36.3 Å². The quantitative estimate of drug-likeness (QED) is 0.562. The fourth-order valence-corrected chi connectivity index (χ4v) is 5.02. The second kappa shape index (κ2) is 8.49. The number of hydrogen-bond acceptors (Lipinski definition) is 6. The Kier molecular flexibility index (Phi) is 5.82. The van der Waals surface area contributed by atoms with Crippen LogP contribution in [0.5, 0.6) is 0 Å². The van der Waals surface area contributed by atoms with E-state index in [-0.39, 0.29) is 11.7 Å². The van der Waals surface area contributed by atoms with Gasteiger partial charge in [0.2, 0.25) is 5.91 Å². The normalized spacial score (nSPS) is 16.0. The maximum Gasteiger partial charge on any atom is 0.277 e. The van der Waals surface area contributed by atoms with Gasteiger partial charge >= 0.3 is 0 Å². The summed E-state index contributed by atoms with van der Waals surface area (Å²) in [4.78, 5) is 14.6. The minimum atomic E-state index is -0.0884. The number of thiophene rings is 1. The van der Waals surface area contributed by atoms with Gasteiger partial charge in [-0.15, -0.1) is 21.5 Å². The van der Waals surface area contributed by atoms with E-state index in [1.807, 2.05) is 24.3 Å². The Morgan fingerprint density at radius 1 is 1.32 bits per heavy atom. The van der Waals surface area contributed by atoms with Gasteiger partial charge in [-0.3, -0.25) is 4.79 Å². The monoisotopic (exact) mass is 413 g/mol. The van der Waals surface area contributed by atoms with Crippen molar-refractivity contribution in [2.75, 3.05) is 11.1 Å². The number of carbonyl (C=O) groups is 1. The van der Waals surface area contributed by atoms with E-state index in [0.29, 0.717) is 11.1 Å². The standard InChI is InChI=1S/C21H23N3O2S2/c1-3-14-5-7-16(8-6-14)22-19(25)12-27-21-24-23-20(26-21)18-11-15-10-13(2)4-9-17(15)28-18/h5-8,11,13H,3-4,9-10,12H2,1-2H3,(H,22,25)/t13-/m1/s1. The molecule has 3 aromatic rings. The lowest BCUT2D eigenvalue weighted by molar-refractivity contribution is -0.113. The van der Waals surface area contributed by atoms with Crippen molar-refractivity contribution in [2.45, 2.75) is 44.8 Å². The SMILES string of the molecule is CCc1ccc(NC(=O)CSc2nnc(-c3cc4c(s3)CC[C@@H](C)C4)o2)cc1. The Hall–Kier alpha value is -2.12. The van der Waals surface area contributed by atoms with Crippen molar-refractivity contribution in [2.24, 2.45) is 5.92 Å². The number of aromatic nitrogens is 2. The van der Waals surface area contributed by atoms with Crippen LogP contribution in [0.3, 0.4) is 0 Å². The fraction of sp³-hybridized carbons (Fsp3) is 0.381. The maximum atomic E-state index is 12.2. The predicted molar refractivity (Wildman–Crippen MR) is 114 cm³/mol. The second-order valence-corrected chi connectivity index (χ2v) is 9.23. The zero-order valence-corrected chi connectivity index (χ0v) is 17.7. The number of aryl methyl sites for hydroxylation is 2. The molecule has 0 aliphatic heterocycles. The van der Waals surface area contributed by atoms with Gasteiger partial charge in [-0.05, 0) is 60.9 Å². The number of carbonyl (C=O) groups excluding carboxylic acids is 1. The van der Waals surface area contributed by atoms with Crippen LogP contribution in [-0.2, 0) is 24.1 Å². The number of rotatable bonds is 6. The Labute approximate surface area is 173 Å². The van der Waals surface area contributed by atoms with Crippen LogP contribution in [0.25, 0.3) is 10.8 Å². The molecular formula is C21H23N3O2S2. The first-order chi connectivity index (χ1) is 13.6. The Morgan fingerprint density at radius 2 is 2.14 bits per heavy atom. The summed E-state index contributed by atoms with van der Waals surface area (Å²) >= 11 is 3.01. The van der Waals surface area contributed by atoms with E-state index in [1.54, 1.807) is 11.3 Å². The van der Waals surface area contributed by atoms with Crippen molar-refractivity contribution in [3.8, 4) is 10.8 Å². The maximum absolute atomic E-state index is 12.2. The Balaban J connectivity index is 1.34. The molecule has 0 saturated carbocycles. The molecule has 0 unspecified atom stereocenters. The van der Waals surface area contributed by atoms with Crippen molar-refractivity contribution in [3.63, 3.8) is 0 Å². The summed E-state index contributed by atoms with van der Waals surface area (Å²) in [6.45, 7) is 4.40. The van der Waals surface area contributed by atoms with Crippen LogP contribution in [-0.4, -0.2) is 21.9 Å². The summed E-state index contributed by atoms with van der Waals surface area (Å²) in [5.41, 5.74) is 3.46. The summed E-state index contributed by atoms with van der Waals surface area (Å²) in [5.74, 6) is 1.43. The third-order valence-electron chi connectivity index (χ3n) is 4.92. The smallest absolute Gasteiger partial charge is 0.277 e. The molecule has 0 bridgehead atoms. The Morgan fingerprint density at radius 3 is 2.93 bits per heavy atom. The molecular weight excluding hydrogens is 390 g/mol. The van der Waals surface area contributed by atoms with Crippen molar-refractivity contribution < 1.29 is 9.21 Å². The molecule has 0 spiro atoms. The van der Waals surface area contributed by atoms with E-state index >= 15 is 0 Å². The highest BCUT2D eigenvalue weighted by atomic mass is 32.2. The van der Waals surface area contributed by atoms with Crippen molar-refractivity contribution in [1.82, 2.24) is 10.2 Å². The fourth-order valence-electron chi connectivity index (χ4n) is 3.33. The van der Waals surface area contributed by atoms with Crippen LogP contribution in [0.4, 0.5) is 5.69 Å². The van der Waals surface area contributed by atoms with E-state index in [1.165, 1.54) is 34.2 Å². The topological polar surface area (TPSA) is 68.0 Å². The minimum absolute atomic E-state index is 0.0884. The number of amides is 1. The van der Waals surface area contributed by atoms with Crippen molar-refractivity contribution in [1.29, 1.82) is 0 Å². The van der Waals surface area contributed by atoms with Gasteiger partial charge in [0.15, 0.2) is 0 Å². The van der Waals surface area contributed by atoms with Gasteiger partial charge in [-0.1, -0.05) is 37.7 Å². The van der Waals surface area contributed by atoms with Crippen molar-refractivity contribution in [3.05, 3.63) is 46.3 Å². The van der Waals surface area contributed by atoms with Gasteiger partial charge < -0.3 is 9.73 Å². The van der Waals surface area contributed by atoms with E-state index in [0.717, 1.165) is 35.7 Å². The van der Waals surface area contributed by atoms with E-state index in [2.05, 4.69) is 35.4 Å². The molecule has 2 aromatic heterocycles. The van der Waals surface area contributed by atoms with Gasteiger partial charge in [-0.2, -0.15) is 0 Å². The molecule has 1 amide bonds. The lowest BCUT2D eigenvalue weighted by Crippen LogP contribution is -2.13. The largest absolute Gasteiger partial charge is 0.410 e. The molecule has 0 fully saturated rings. The van der Waals surface area contributed by atoms with E-state index < -0.39 is 0 Å². The second-order valence-electron chi connectivity index (χ2n) is 7.17. The molecule has 28 heavy (non-hydrogen) atoms. The first-order valence-electron chi connectivity index (χ1n) is 9.57. The summed E-state index contributed by atoms with van der Waals surface area (Å²) in [6, 6.07) is 10.1. The van der Waals surface area contributed by atoms with Crippen molar-refractivity contribution >= 4 is 34.7 Å². The molecule has 7 heteroatoms. The third-order valence-corrected chi connectivity index (χ3v) is 6.96. The number of hydrogen-bond donors (Lipinski definition) is 1. The van der Waals surface area contributed by atoms with Gasteiger partial charge in [0.1, 0.15) is 0 Å². The molecule has 1 atom stereocenters. The van der Waals surface area contributed by atoms with E-state index in [4.69, 9.17) is 4.42 Å². The summed E-state index contributed by atoms with van der Waals surface area (Å²) in [5, 5.41) is 11.6. The molecule has 0 radical (unpaired) electrons. The molecule has 0 saturated heterocycles. The first kappa shape index (κ1) is 19.2. The number of fused-ring (bicyclic) bond motifs is 1. The Bertz CT molecular complexity index is 962. The van der Waals surface area contributed by atoms with Crippen LogP contribution < -0.4 is 5.32 Å². The zero-order chi connectivity index (χ0) is 19.5. The van der Waals surface area contributed by atoms with Crippen LogP contribution in [0.2, 0.25) is 0 Å². The molecule has 146 valence electrons. The van der Waals surface area contributed by atoms with Crippen LogP contribution >= 0.6 is 23.1 Å². The molecule has 5 nitrogen and oxygen atoms in total.